The maximum atomic E-state index is 5.64. The first-order valence-corrected chi connectivity index (χ1v) is 3.34. The smallest absolute Gasteiger partial charge is 0.147 e. The standard InChI is InChI=1S/C7H9ClN2/c1-5(2)7-9-6(8)4-10(7)3/h4H,1H2,2-3H3. The molecule has 10 heavy (non-hydrogen) atoms. The molecule has 3 heteroatoms. The molecule has 1 aromatic heterocycles. The molecule has 0 bridgehead atoms. The molecule has 0 aliphatic rings. The summed E-state index contributed by atoms with van der Waals surface area (Å²) in [4.78, 5) is 4.04. The zero-order valence-corrected chi connectivity index (χ0v) is 6.81. The minimum absolute atomic E-state index is 0.514. The lowest BCUT2D eigenvalue weighted by molar-refractivity contribution is 0.889. The molecule has 0 unspecified atom stereocenters. The highest BCUT2D eigenvalue weighted by atomic mass is 35.5. The minimum Gasteiger partial charge on any atom is -0.333 e. The molecular formula is C7H9ClN2. The number of hydrogen-bond donors (Lipinski definition) is 0. The van der Waals surface area contributed by atoms with Crippen LogP contribution in [0.1, 0.15) is 12.7 Å². The van der Waals surface area contributed by atoms with Crippen LogP contribution in [0.25, 0.3) is 5.57 Å². The molecule has 1 heterocycles. The van der Waals surface area contributed by atoms with Crippen LogP contribution in [-0.2, 0) is 7.05 Å². The summed E-state index contributed by atoms with van der Waals surface area (Å²) in [6.07, 6.45) is 1.76. The Bertz CT molecular complexity index is 263. The first kappa shape index (κ1) is 7.35. The largest absolute Gasteiger partial charge is 0.333 e. The Morgan fingerprint density at radius 1 is 1.80 bits per heavy atom. The number of aryl methyl sites for hydroxylation is 1. The number of nitrogens with zero attached hydrogens (tertiary/aromatic N) is 2. The summed E-state index contributed by atoms with van der Waals surface area (Å²) >= 11 is 5.64. The lowest BCUT2D eigenvalue weighted by Crippen LogP contribution is -1.92. The summed E-state index contributed by atoms with van der Waals surface area (Å²) in [6.45, 7) is 5.66. The molecule has 0 spiro atoms. The summed E-state index contributed by atoms with van der Waals surface area (Å²) in [6, 6.07) is 0. The van der Waals surface area contributed by atoms with Crippen molar-refractivity contribution in [3.63, 3.8) is 0 Å². The monoisotopic (exact) mass is 156 g/mol. The number of aromatic nitrogens is 2. The van der Waals surface area contributed by atoms with Crippen molar-refractivity contribution in [1.29, 1.82) is 0 Å². The lowest BCUT2D eigenvalue weighted by atomic mass is 10.3. The Hall–Kier alpha value is -0.760. The van der Waals surface area contributed by atoms with E-state index in [0.29, 0.717) is 5.15 Å². The van der Waals surface area contributed by atoms with Gasteiger partial charge in [-0.05, 0) is 12.5 Å². The third-order valence-corrected chi connectivity index (χ3v) is 1.41. The molecule has 0 N–H and O–H groups in total. The van der Waals surface area contributed by atoms with E-state index in [-0.39, 0.29) is 0 Å². The van der Waals surface area contributed by atoms with E-state index < -0.39 is 0 Å². The molecule has 0 radical (unpaired) electrons. The fraction of sp³-hybridized carbons (Fsp3) is 0.286. The highest BCUT2D eigenvalue weighted by Crippen LogP contribution is 2.12. The molecule has 0 amide bonds. The molecule has 1 aromatic rings. The van der Waals surface area contributed by atoms with Crippen molar-refractivity contribution in [3.05, 3.63) is 23.8 Å². The third kappa shape index (κ3) is 1.21. The normalized spacial score (nSPS) is 9.90. The van der Waals surface area contributed by atoms with Crippen molar-refractivity contribution in [3.8, 4) is 0 Å². The minimum atomic E-state index is 0.514. The second-order valence-electron chi connectivity index (χ2n) is 2.28. The van der Waals surface area contributed by atoms with E-state index in [0.717, 1.165) is 11.4 Å². The van der Waals surface area contributed by atoms with Gasteiger partial charge in [-0.2, -0.15) is 0 Å². The first-order chi connectivity index (χ1) is 4.61. The highest BCUT2D eigenvalue weighted by molar-refractivity contribution is 6.29. The number of imidazole rings is 1. The predicted molar refractivity (Wildman–Crippen MR) is 42.9 cm³/mol. The number of allylic oxidation sites excluding steroid dienone is 1. The van der Waals surface area contributed by atoms with Crippen molar-refractivity contribution < 1.29 is 0 Å². The highest BCUT2D eigenvalue weighted by Gasteiger charge is 2.01. The fourth-order valence-electron chi connectivity index (χ4n) is 0.826. The van der Waals surface area contributed by atoms with Gasteiger partial charge in [-0.3, -0.25) is 0 Å². The van der Waals surface area contributed by atoms with Gasteiger partial charge in [0.25, 0.3) is 0 Å². The van der Waals surface area contributed by atoms with Crippen LogP contribution in [0.2, 0.25) is 5.15 Å². The van der Waals surface area contributed by atoms with Crippen LogP contribution < -0.4 is 0 Å². The van der Waals surface area contributed by atoms with Gasteiger partial charge < -0.3 is 4.57 Å². The van der Waals surface area contributed by atoms with Gasteiger partial charge in [0.05, 0.1) is 0 Å². The van der Waals surface area contributed by atoms with Gasteiger partial charge in [0.2, 0.25) is 0 Å². The van der Waals surface area contributed by atoms with E-state index in [9.17, 15) is 0 Å². The maximum absolute atomic E-state index is 5.64. The molecule has 1 rings (SSSR count). The first-order valence-electron chi connectivity index (χ1n) is 2.96. The Labute approximate surface area is 65.1 Å². The van der Waals surface area contributed by atoms with E-state index in [2.05, 4.69) is 11.6 Å². The molecule has 0 fully saturated rings. The fourth-order valence-corrected chi connectivity index (χ4v) is 1.05. The molecule has 0 aliphatic carbocycles. The summed E-state index contributed by atoms with van der Waals surface area (Å²) in [5.74, 6) is 0.838. The molecule has 0 aromatic carbocycles. The van der Waals surface area contributed by atoms with E-state index in [1.165, 1.54) is 0 Å². The zero-order chi connectivity index (χ0) is 7.72. The van der Waals surface area contributed by atoms with Crippen LogP contribution in [0.5, 0.6) is 0 Å². The van der Waals surface area contributed by atoms with E-state index in [1.54, 1.807) is 6.20 Å². The molecule has 2 nitrogen and oxygen atoms in total. The second kappa shape index (κ2) is 2.46. The van der Waals surface area contributed by atoms with Gasteiger partial charge in [0, 0.05) is 13.2 Å². The van der Waals surface area contributed by atoms with E-state index in [1.807, 2.05) is 18.5 Å². The molecule has 0 saturated carbocycles. The third-order valence-electron chi connectivity index (χ3n) is 1.23. The molecular weight excluding hydrogens is 148 g/mol. The van der Waals surface area contributed by atoms with Crippen molar-refractivity contribution >= 4 is 17.2 Å². The van der Waals surface area contributed by atoms with Crippen LogP contribution in [0.15, 0.2) is 12.8 Å². The topological polar surface area (TPSA) is 17.8 Å². The Morgan fingerprint density at radius 3 is 2.60 bits per heavy atom. The molecule has 0 atom stereocenters. The molecule has 0 saturated heterocycles. The molecule has 0 aliphatic heterocycles. The quantitative estimate of drug-likeness (QED) is 0.609. The van der Waals surface area contributed by atoms with Crippen LogP contribution >= 0.6 is 11.6 Å². The van der Waals surface area contributed by atoms with Crippen molar-refractivity contribution in [2.45, 2.75) is 6.92 Å². The zero-order valence-electron chi connectivity index (χ0n) is 6.06. The van der Waals surface area contributed by atoms with Crippen LogP contribution in [0.3, 0.4) is 0 Å². The summed E-state index contributed by atoms with van der Waals surface area (Å²) in [5, 5.41) is 0.514. The van der Waals surface area contributed by atoms with Gasteiger partial charge in [-0.25, -0.2) is 4.98 Å². The van der Waals surface area contributed by atoms with Crippen LogP contribution in [0.4, 0.5) is 0 Å². The van der Waals surface area contributed by atoms with Gasteiger partial charge in [0.1, 0.15) is 11.0 Å². The summed E-state index contributed by atoms with van der Waals surface area (Å²) < 4.78 is 1.85. The average molecular weight is 157 g/mol. The van der Waals surface area contributed by atoms with Crippen LogP contribution in [0, 0.1) is 0 Å². The Balaban J connectivity index is 3.15. The summed E-state index contributed by atoms with van der Waals surface area (Å²) in [7, 11) is 1.89. The Morgan fingerprint density at radius 2 is 2.40 bits per heavy atom. The maximum Gasteiger partial charge on any atom is 0.147 e. The van der Waals surface area contributed by atoms with Crippen molar-refractivity contribution in [1.82, 2.24) is 9.55 Å². The number of hydrogen-bond acceptors (Lipinski definition) is 1. The van der Waals surface area contributed by atoms with E-state index in [4.69, 9.17) is 11.6 Å². The number of rotatable bonds is 1. The van der Waals surface area contributed by atoms with Crippen LogP contribution in [-0.4, -0.2) is 9.55 Å². The predicted octanol–water partition coefficient (Wildman–Crippen LogP) is 2.11. The van der Waals surface area contributed by atoms with Gasteiger partial charge in [0.15, 0.2) is 0 Å². The second-order valence-corrected chi connectivity index (χ2v) is 2.67. The van der Waals surface area contributed by atoms with Gasteiger partial charge in [-0.1, -0.05) is 18.2 Å². The van der Waals surface area contributed by atoms with Gasteiger partial charge >= 0.3 is 0 Å². The van der Waals surface area contributed by atoms with Crippen molar-refractivity contribution in [2.75, 3.05) is 0 Å². The molecule has 54 valence electrons. The summed E-state index contributed by atoms with van der Waals surface area (Å²) in [5.41, 5.74) is 0.925. The Kier molecular flexibility index (Phi) is 1.81. The SMILES string of the molecule is C=C(C)c1nc(Cl)cn1C. The van der Waals surface area contributed by atoms with E-state index >= 15 is 0 Å². The number of halogens is 1. The average Bonchev–Trinajstić information content (AvgIpc) is 2.10. The lowest BCUT2D eigenvalue weighted by Gasteiger charge is -1.96. The van der Waals surface area contributed by atoms with Crippen molar-refractivity contribution in [2.24, 2.45) is 7.05 Å². The van der Waals surface area contributed by atoms with Gasteiger partial charge in [-0.15, -0.1) is 0 Å².